The fraction of sp³-hybridized carbons (Fsp3) is 0.267. The molecule has 6 heteroatoms. The van der Waals surface area contributed by atoms with E-state index in [0.717, 1.165) is 16.5 Å². The summed E-state index contributed by atoms with van der Waals surface area (Å²) in [5.41, 5.74) is 7.08. The molecule has 2 unspecified atom stereocenters. The van der Waals surface area contributed by atoms with E-state index in [-0.39, 0.29) is 12.1 Å². The molecule has 2 aromatic rings. The number of ether oxygens (including phenoxy) is 1. The van der Waals surface area contributed by atoms with Crippen LogP contribution < -0.4 is 10.5 Å². The summed E-state index contributed by atoms with van der Waals surface area (Å²) in [7, 11) is 0. The Morgan fingerprint density at radius 1 is 1.33 bits per heavy atom. The number of benzene rings is 1. The van der Waals surface area contributed by atoms with E-state index in [1.54, 1.807) is 24.5 Å². The first-order chi connectivity index (χ1) is 10.0. The average Bonchev–Trinajstić information content (AvgIpc) is 2.49. The van der Waals surface area contributed by atoms with E-state index >= 15 is 0 Å². The first kappa shape index (κ1) is 16.6. The highest BCUT2D eigenvalue weighted by Crippen LogP contribution is 2.37. The quantitative estimate of drug-likeness (QED) is 0.731. The molecule has 3 nitrogen and oxygen atoms in total. The van der Waals surface area contributed by atoms with Gasteiger partial charge in [0.2, 0.25) is 0 Å². The van der Waals surface area contributed by atoms with Gasteiger partial charge in [-0.25, -0.2) is 0 Å². The lowest BCUT2D eigenvalue weighted by Gasteiger charge is -2.25. The van der Waals surface area contributed by atoms with Crippen LogP contribution in [-0.2, 0) is 0 Å². The van der Waals surface area contributed by atoms with Crippen LogP contribution in [0.25, 0.3) is 0 Å². The fourth-order valence-corrected chi connectivity index (χ4v) is 2.73. The van der Waals surface area contributed by atoms with E-state index in [0.29, 0.717) is 15.8 Å². The van der Waals surface area contributed by atoms with E-state index in [1.807, 2.05) is 19.1 Å². The van der Waals surface area contributed by atoms with Crippen LogP contribution in [0, 0.1) is 0 Å². The Labute approximate surface area is 142 Å². The second kappa shape index (κ2) is 7.45. The summed E-state index contributed by atoms with van der Waals surface area (Å²) in [6, 6.07) is 7.00. The van der Waals surface area contributed by atoms with Crippen molar-refractivity contribution in [2.24, 2.45) is 5.73 Å². The van der Waals surface area contributed by atoms with Crippen molar-refractivity contribution in [1.29, 1.82) is 0 Å². The molecular weight excluding hydrogens is 375 g/mol. The zero-order chi connectivity index (χ0) is 15.4. The van der Waals surface area contributed by atoms with Gasteiger partial charge < -0.3 is 10.5 Å². The van der Waals surface area contributed by atoms with Gasteiger partial charge in [0.15, 0.2) is 0 Å². The maximum atomic E-state index is 6.21. The number of hydrogen-bond donors (Lipinski definition) is 1. The van der Waals surface area contributed by atoms with Crippen molar-refractivity contribution in [3.8, 4) is 5.75 Å². The summed E-state index contributed by atoms with van der Waals surface area (Å²) in [6.07, 6.45) is 3.88. The van der Waals surface area contributed by atoms with Crippen molar-refractivity contribution in [2.45, 2.75) is 25.5 Å². The highest BCUT2D eigenvalue weighted by Gasteiger charge is 2.22. The molecule has 112 valence electrons. The normalized spacial score (nSPS) is 13.8. The standard InChI is InChI=1S/C15H15BrCl2N2O/c1-2-13(19)15(9-4-3-5-20-8-9)21-14-7-11(17)10(16)6-12(14)18/h3-8,13,15H,2,19H2,1H3. The summed E-state index contributed by atoms with van der Waals surface area (Å²) in [5.74, 6) is 0.502. The van der Waals surface area contributed by atoms with Crippen LogP contribution in [0.4, 0.5) is 0 Å². The third-order valence-corrected chi connectivity index (χ3v) is 4.59. The first-order valence-electron chi connectivity index (χ1n) is 6.49. The SMILES string of the molecule is CCC(N)C(Oc1cc(Cl)c(Br)cc1Cl)c1cccnc1. The van der Waals surface area contributed by atoms with Crippen LogP contribution in [0.15, 0.2) is 41.1 Å². The van der Waals surface area contributed by atoms with Gasteiger partial charge in [0.1, 0.15) is 11.9 Å². The summed E-state index contributed by atoms with van der Waals surface area (Å²) in [5, 5.41) is 1.01. The number of nitrogens with zero attached hydrogens (tertiary/aromatic N) is 1. The molecule has 2 atom stereocenters. The molecule has 0 aliphatic rings. The fourth-order valence-electron chi connectivity index (χ4n) is 1.89. The lowest BCUT2D eigenvalue weighted by Crippen LogP contribution is -2.31. The van der Waals surface area contributed by atoms with Gasteiger partial charge in [0.05, 0.1) is 10.0 Å². The molecule has 0 saturated carbocycles. The summed E-state index contributed by atoms with van der Waals surface area (Å²) < 4.78 is 6.74. The Balaban J connectivity index is 2.34. The van der Waals surface area contributed by atoms with Gasteiger partial charge in [-0.15, -0.1) is 0 Å². The third kappa shape index (κ3) is 4.10. The van der Waals surface area contributed by atoms with Gasteiger partial charge in [-0.1, -0.05) is 36.2 Å². The van der Waals surface area contributed by atoms with Gasteiger partial charge in [-0.2, -0.15) is 0 Å². The number of rotatable bonds is 5. The van der Waals surface area contributed by atoms with Crippen molar-refractivity contribution in [1.82, 2.24) is 4.98 Å². The topological polar surface area (TPSA) is 48.1 Å². The van der Waals surface area contributed by atoms with Crippen molar-refractivity contribution < 1.29 is 4.74 Å². The van der Waals surface area contributed by atoms with Crippen molar-refractivity contribution in [3.63, 3.8) is 0 Å². The van der Waals surface area contributed by atoms with Crippen LogP contribution in [0.3, 0.4) is 0 Å². The molecule has 2 N–H and O–H groups in total. The zero-order valence-electron chi connectivity index (χ0n) is 11.4. The molecule has 0 amide bonds. The number of halogens is 3. The number of nitrogens with two attached hydrogens (primary N) is 1. The van der Waals surface area contributed by atoms with Crippen LogP contribution in [-0.4, -0.2) is 11.0 Å². The maximum absolute atomic E-state index is 6.21. The second-order valence-corrected chi connectivity index (χ2v) is 6.26. The van der Waals surface area contributed by atoms with E-state index in [1.165, 1.54) is 0 Å². The van der Waals surface area contributed by atoms with Crippen LogP contribution in [0.1, 0.15) is 25.0 Å². The number of pyridine rings is 1. The summed E-state index contributed by atoms with van der Waals surface area (Å²) in [6.45, 7) is 2.01. The van der Waals surface area contributed by atoms with Gasteiger partial charge in [0, 0.05) is 34.5 Å². The molecule has 21 heavy (non-hydrogen) atoms. The molecule has 1 aromatic carbocycles. The van der Waals surface area contributed by atoms with E-state index in [2.05, 4.69) is 20.9 Å². The Kier molecular flexibility index (Phi) is 5.88. The largest absolute Gasteiger partial charge is 0.482 e. The van der Waals surface area contributed by atoms with E-state index in [9.17, 15) is 0 Å². The monoisotopic (exact) mass is 388 g/mol. The highest BCUT2D eigenvalue weighted by atomic mass is 79.9. The molecule has 0 spiro atoms. The minimum atomic E-state index is -0.335. The first-order valence-corrected chi connectivity index (χ1v) is 8.04. The second-order valence-electron chi connectivity index (χ2n) is 4.59. The summed E-state index contributed by atoms with van der Waals surface area (Å²) >= 11 is 15.6. The van der Waals surface area contributed by atoms with Gasteiger partial charge in [0.25, 0.3) is 0 Å². The molecule has 2 rings (SSSR count). The highest BCUT2D eigenvalue weighted by molar-refractivity contribution is 9.10. The predicted molar refractivity (Wildman–Crippen MR) is 90.0 cm³/mol. The smallest absolute Gasteiger partial charge is 0.140 e. The van der Waals surface area contributed by atoms with Gasteiger partial charge in [-0.3, -0.25) is 4.98 Å². The maximum Gasteiger partial charge on any atom is 0.140 e. The van der Waals surface area contributed by atoms with Crippen LogP contribution >= 0.6 is 39.1 Å². The molecule has 1 heterocycles. The zero-order valence-corrected chi connectivity index (χ0v) is 14.5. The molecular formula is C15H15BrCl2N2O. The van der Waals surface area contributed by atoms with Crippen molar-refractivity contribution >= 4 is 39.1 Å². The Morgan fingerprint density at radius 2 is 2.10 bits per heavy atom. The lowest BCUT2D eigenvalue weighted by molar-refractivity contribution is 0.171. The predicted octanol–water partition coefficient (Wildman–Crippen LogP) is 5.01. The van der Waals surface area contributed by atoms with E-state index in [4.69, 9.17) is 33.7 Å². The molecule has 0 bridgehead atoms. The average molecular weight is 390 g/mol. The minimum absolute atomic E-state index is 0.173. The molecule has 0 aliphatic carbocycles. The molecule has 1 aromatic heterocycles. The summed E-state index contributed by atoms with van der Waals surface area (Å²) in [4.78, 5) is 4.12. The number of hydrogen-bond acceptors (Lipinski definition) is 3. The van der Waals surface area contributed by atoms with Crippen LogP contribution in [0.5, 0.6) is 5.75 Å². The Bertz CT molecular complexity index is 610. The van der Waals surface area contributed by atoms with Crippen LogP contribution in [0.2, 0.25) is 10.0 Å². The van der Waals surface area contributed by atoms with Crippen molar-refractivity contribution in [3.05, 3.63) is 56.7 Å². The van der Waals surface area contributed by atoms with Gasteiger partial charge >= 0.3 is 0 Å². The van der Waals surface area contributed by atoms with Gasteiger partial charge in [-0.05, 0) is 34.5 Å². The molecule has 0 radical (unpaired) electrons. The van der Waals surface area contributed by atoms with E-state index < -0.39 is 0 Å². The molecule has 0 saturated heterocycles. The minimum Gasteiger partial charge on any atom is -0.482 e. The lowest BCUT2D eigenvalue weighted by atomic mass is 10.0. The van der Waals surface area contributed by atoms with Crippen molar-refractivity contribution in [2.75, 3.05) is 0 Å². The Hall–Kier alpha value is -0.810. The molecule has 0 fully saturated rings. The third-order valence-electron chi connectivity index (χ3n) is 3.10. The number of aromatic nitrogens is 1. The Morgan fingerprint density at radius 3 is 2.71 bits per heavy atom. The molecule has 0 aliphatic heterocycles.